The number of hydrogen-bond donors (Lipinski definition) is 0. The SMILES string of the molecule is Fc1ccc(-c2ccc3cc(-c4ccc(-c5cnc6ccccc6c5)nc4)ccc3c2)cc1. The monoisotopic (exact) mass is 426 g/mol. The van der Waals surface area contributed by atoms with Crippen LogP contribution in [0.2, 0.25) is 0 Å². The van der Waals surface area contributed by atoms with Crippen LogP contribution >= 0.6 is 0 Å². The first kappa shape index (κ1) is 19.3. The molecule has 6 rings (SSSR count). The molecule has 0 bridgehead atoms. The minimum absolute atomic E-state index is 0.222. The smallest absolute Gasteiger partial charge is 0.123 e. The Hall–Kier alpha value is -4.37. The van der Waals surface area contributed by atoms with Crippen LogP contribution in [-0.4, -0.2) is 9.97 Å². The van der Waals surface area contributed by atoms with Crippen molar-refractivity contribution in [2.45, 2.75) is 0 Å². The van der Waals surface area contributed by atoms with E-state index in [1.165, 1.54) is 12.1 Å². The first-order valence-electron chi connectivity index (χ1n) is 10.8. The molecule has 3 heteroatoms. The van der Waals surface area contributed by atoms with Crippen molar-refractivity contribution in [3.63, 3.8) is 0 Å². The fourth-order valence-corrected chi connectivity index (χ4v) is 4.19. The van der Waals surface area contributed by atoms with Crippen LogP contribution in [0, 0.1) is 5.82 Å². The summed E-state index contributed by atoms with van der Waals surface area (Å²) in [6.07, 6.45) is 3.79. The Balaban J connectivity index is 1.30. The Morgan fingerprint density at radius 1 is 0.455 bits per heavy atom. The van der Waals surface area contributed by atoms with Crippen LogP contribution in [0.4, 0.5) is 4.39 Å². The first-order valence-corrected chi connectivity index (χ1v) is 10.8. The van der Waals surface area contributed by atoms with E-state index in [1.54, 1.807) is 0 Å². The molecule has 4 aromatic carbocycles. The number of para-hydroxylation sites is 1. The average molecular weight is 426 g/mol. The number of rotatable bonds is 3. The van der Waals surface area contributed by atoms with Crippen LogP contribution in [0.1, 0.15) is 0 Å². The third kappa shape index (κ3) is 3.74. The lowest BCUT2D eigenvalue weighted by molar-refractivity contribution is 0.628. The number of fused-ring (bicyclic) bond motifs is 2. The van der Waals surface area contributed by atoms with E-state index in [0.717, 1.165) is 55.2 Å². The van der Waals surface area contributed by atoms with Crippen LogP contribution in [0.3, 0.4) is 0 Å². The van der Waals surface area contributed by atoms with Gasteiger partial charge >= 0.3 is 0 Å². The predicted molar refractivity (Wildman–Crippen MR) is 133 cm³/mol. The normalized spacial score (nSPS) is 11.2. The van der Waals surface area contributed by atoms with Crippen LogP contribution in [0.25, 0.3) is 55.2 Å². The molecule has 0 spiro atoms. The number of aromatic nitrogens is 2. The summed E-state index contributed by atoms with van der Waals surface area (Å²) >= 11 is 0. The first-order chi connectivity index (χ1) is 16.2. The van der Waals surface area contributed by atoms with Gasteiger partial charge < -0.3 is 0 Å². The zero-order chi connectivity index (χ0) is 22.2. The number of halogens is 1. The van der Waals surface area contributed by atoms with Crippen molar-refractivity contribution in [2.24, 2.45) is 0 Å². The Bertz CT molecular complexity index is 1600. The molecule has 0 amide bonds. The second-order valence-corrected chi connectivity index (χ2v) is 8.13. The van der Waals surface area contributed by atoms with E-state index in [1.807, 2.05) is 48.8 Å². The van der Waals surface area contributed by atoms with Crippen LogP contribution in [0.5, 0.6) is 0 Å². The molecule has 0 unspecified atom stereocenters. The van der Waals surface area contributed by atoms with Gasteiger partial charge in [0.15, 0.2) is 0 Å². The molecule has 0 N–H and O–H groups in total. The van der Waals surface area contributed by atoms with Gasteiger partial charge in [0, 0.05) is 28.9 Å². The molecule has 33 heavy (non-hydrogen) atoms. The molecular weight excluding hydrogens is 407 g/mol. The molecular formula is C30H19FN2. The topological polar surface area (TPSA) is 25.8 Å². The number of pyridine rings is 2. The largest absolute Gasteiger partial charge is 0.256 e. The van der Waals surface area contributed by atoms with Crippen molar-refractivity contribution in [3.05, 3.63) is 121 Å². The highest BCUT2D eigenvalue weighted by atomic mass is 19.1. The summed E-state index contributed by atoms with van der Waals surface area (Å²) in [5.41, 5.74) is 7.16. The molecule has 0 aliphatic heterocycles. The van der Waals surface area contributed by atoms with E-state index in [-0.39, 0.29) is 5.82 Å². The molecule has 2 heterocycles. The van der Waals surface area contributed by atoms with E-state index < -0.39 is 0 Å². The highest BCUT2D eigenvalue weighted by molar-refractivity contribution is 5.91. The van der Waals surface area contributed by atoms with Gasteiger partial charge in [0.25, 0.3) is 0 Å². The average Bonchev–Trinajstić information content (AvgIpc) is 2.88. The van der Waals surface area contributed by atoms with Gasteiger partial charge in [0.05, 0.1) is 11.2 Å². The highest BCUT2D eigenvalue weighted by Gasteiger charge is 2.06. The van der Waals surface area contributed by atoms with Crippen LogP contribution in [0.15, 0.2) is 116 Å². The Morgan fingerprint density at radius 3 is 1.79 bits per heavy atom. The molecule has 2 aromatic heterocycles. The molecule has 0 aliphatic rings. The Labute approximate surface area is 191 Å². The minimum atomic E-state index is -0.222. The summed E-state index contributed by atoms with van der Waals surface area (Å²) in [4.78, 5) is 9.25. The van der Waals surface area contributed by atoms with E-state index in [4.69, 9.17) is 4.98 Å². The molecule has 2 nitrogen and oxygen atoms in total. The molecule has 0 fully saturated rings. The summed E-state index contributed by atoms with van der Waals surface area (Å²) in [5.74, 6) is -0.222. The van der Waals surface area contributed by atoms with Gasteiger partial charge in [0.1, 0.15) is 5.82 Å². The van der Waals surface area contributed by atoms with Crippen molar-refractivity contribution in [1.29, 1.82) is 0 Å². The second kappa shape index (κ2) is 7.95. The lowest BCUT2D eigenvalue weighted by Gasteiger charge is -2.08. The molecule has 0 saturated heterocycles. The lowest BCUT2D eigenvalue weighted by Crippen LogP contribution is -1.87. The van der Waals surface area contributed by atoms with Gasteiger partial charge in [-0.05, 0) is 69.9 Å². The standard InChI is InChI=1S/C30H19FN2/c31-28-12-9-20(10-13-28)21-5-6-23-16-24(8-7-22(23)15-21)26-11-14-30(32-18-26)27-17-25-3-1-2-4-29(25)33-19-27/h1-19H. The molecule has 6 aromatic rings. The molecule has 0 atom stereocenters. The third-order valence-corrected chi connectivity index (χ3v) is 6.00. The molecule has 156 valence electrons. The Kier molecular flexibility index (Phi) is 4.66. The zero-order valence-electron chi connectivity index (χ0n) is 17.7. The zero-order valence-corrected chi connectivity index (χ0v) is 17.7. The fraction of sp³-hybridized carbons (Fsp3) is 0. The van der Waals surface area contributed by atoms with Crippen molar-refractivity contribution in [3.8, 4) is 33.5 Å². The van der Waals surface area contributed by atoms with Crippen molar-refractivity contribution < 1.29 is 4.39 Å². The Morgan fingerprint density at radius 2 is 1.06 bits per heavy atom. The van der Waals surface area contributed by atoms with Gasteiger partial charge in [-0.1, -0.05) is 60.7 Å². The van der Waals surface area contributed by atoms with Crippen LogP contribution < -0.4 is 0 Å². The third-order valence-electron chi connectivity index (χ3n) is 6.00. The van der Waals surface area contributed by atoms with E-state index >= 15 is 0 Å². The van der Waals surface area contributed by atoms with Gasteiger partial charge in [-0.2, -0.15) is 0 Å². The maximum Gasteiger partial charge on any atom is 0.123 e. The van der Waals surface area contributed by atoms with Crippen molar-refractivity contribution in [2.75, 3.05) is 0 Å². The maximum atomic E-state index is 13.2. The highest BCUT2D eigenvalue weighted by Crippen LogP contribution is 2.29. The van der Waals surface area contributed by atoms with E-state index in [0.29, 0.717) is 0 Å². The number of hydrogen-bond acceptors (Lipinski definition) is 2. The van der Waals surface area contributed by atoms with E-state index in [2.05, 4.69) is 59.6 Å². The fourth-order valence-electron chi connectivity index (χ4n) is 4.19. The van der Waals surface area contributed by atoms with Crippen LogP contribution in [-0.2, 0) is 0 Å². The summed E-state index contributed by atoms with van der Waals surface area (Å²) in [6, 6.07) is 33.7. The predicted octanol–water partition coefficient (Wildman–Crippen LogP) is 7.92. The molecule has 0 aliphatic carbocycles. The van der Waals surface area contributed by atoms with Gasteiger partial charge in [-0.15, -0.1) is 0 Å². The van der Waals surface area contributed by atoms with Crippen molar-refractivity contribution in [1.82, 2.24) is 9.97 Å². The maximum absolute atomic E-state index is 13.2. The number of benzene rings is 4. The van der Waals surface area contributed by atoms with Crippen molar-refractivity contribution >= 4 is 21.7 Å². The second-order valence-electron chi connectivity index (χ2n) is 8.13. The summed E-state index contributed by atoms with van der Waals surface area (Å²) in [5, 5.41) is 3.41. The van der Waals surface area contributed by atoms with Gasteiger partial charge in [-0.3, -0.25) is 9.97 Å². The van der Waals surface area contributed by atoms with Gasteiger partial charge in [-0.25, -0.2) is 4.39 Å². The summed E-state index contributed by atoms with van der Waals surface area (Å²) in [6.45, 7) is 0. The summed E-state index contributed by atoms with van der Waals surface area (Å²) < 4.78 is 13.2. The number of nitrogens with zero attached hydrogens (tertiary/aromatic N) is 2. The van der Waals surface area contributed by atoms with E-state index in [9.17, 15) is 4.39 Å². The summed E-state index contributed by atoms with van der Waals surface area (Å²) in [7, 11) is 0. The molecule has 0 radical (unpaired) electrons. The minimum Gasteiger partial charge on any atom is -0.256 e. The van der Waals surface area contributed by atoms with Gasteiger partial charge in [0.2, 0.25) is 0 Å². The quantitative estimate of drug-likeness (QED) is 0.287. The lowest BCUT2D eigenvalue weighted by atomic mass is 9.98. The molecule has 0 saturated carbocycles.